The number of urea groups is 1. The Morgan fingerprint density at radius 1 is 1.06 bits per heavy atom. The van der Waals surface area contributed by atoms with E-state index in [1.54, 1.807) is 0 Å². The van der Waals surface area contributed by atoms with Gasteiger partial charge in [-0.2, -0.15) is 4.98 Å². The van der Waals surface area contributed by atoms with Crippen LogP contribution >= 0.6 is 0 Å². The van der Waals surface area contributed by atoms with E-state index in [2.05, 4.69) is 20.2 Å². The van der Waals surface area contributed by atoms with E-state index in [1.807, 2.05) is 10.2 Å². The normalized spacial score (nSPS) is 14.5. The molecule has 1 fully saturated rings. The topological polar surface area (TPSA) is 119 Å². The highest BCUT2D eigenvalue weighted by Gasteiger charge is 2.20. The van der Waals surface area contributed by atoms with Crippen LogP contribution in [0.25, 0.3) is 0 Å². The monoisotopic (exact) mass is 439 g/mol. The van der Waals surface area contributed by atoms with Gasteiger partial charge in [0.15, 0.2) is 11.6 Å². The molecule has 12 heteroatoms. The largest absolute Gasteiger partial charge is 0.363 e. The highest BCUT2D eigenvalue weighted by Crippen LogP contribution is 2.18. The lowest BCUT2D eigenvalue weighted by molar-refractivity contribution is 0.253. The van der Waals surface area contributed by atoms with Crippen molar-refractivity contribution in [2.24, 2.45) is 5.73 Å². The third-order valence-corrected chi connectivity index (χ3v) is 4.91. The van der Waals surface area contributed by atoms with E-state index in [-0.39, 0.29) is 5.95 Å². The lowest BCUT2D eigenvalue weighted by Gasteiger charge is -2.35. The number of carbonyl (C=O) groups is 1. The third kappa shape index (κ3) is 5.95. The molecule has 0 aliphatic carbocycles. The number of nitrogens with one attached hydrogen (secondary N) is 3. The average molecular weight is 439 g/mol. The fourth-order valence-electron chi connectivity index (χ4n) is 3.25. The van der Waals surface area contributed by atoms with Crippen LogP contribution in [-0.4, -0.2) is 60.2 Å². The molecule has 3 rings (SSSR count). The number of unbranched alkanes of at least 4 members (excludes halogenated alkanes) is 1. The van der Waals surface area contributed by atoms with Crippen molar-refractivity contribution in [1.29, 1.82) is 0 Å². The number of carbonyl (C=O) groups excluding carboxylic acids is 1. The summed E-state index contributed by atoms with van der Waals surface area (Å²) in [4.78, 5) is 35.1. The molecule has 2 heterocycles. The second kappa shape index (κ2) is 10.3. The molecular weight excluding hydrogens is 415 g/mol. The number of hydrogen-bond donors (Lipinski definition) is 4. The van der Waals surface area contributed by atoms with Crippen molar-refractivity contribution in [3.05, 3.63) is 46.1 Å². The van der Waals surface area contributed by atoms with E-state index in [0.717, 1.165) is 32.5 Å². The van der Waals surface area contributed by atoms with E-state index in [9.17, 15) is 22.8 Å². The molecule has 0 bridgehead atoms. The van der Waals surface area contributed by atoms with Gasteiger partial charge in [-0.15, -0.1) is 0 Å². The number of nitrogens with two attached hydrogens (primary N) is 1. The first-order valence-electron chi connectivity index (χ1n) is 9.87. The molecule has 1 aliphatic rings. The third-order valence-electron chi connectivity index (χ3n) is 4.91. The van der Waals surface area contributed by atoms with Crippen molar-refractivity contribution in [1.82, 2.24) is 14.9 Å². The number of benzene rings is 1. The molecule has 1 saturated heterocycles. The van der Waals surface area contributed by atoms with Crippen LogP contribution in [0.3, 0.4) is 0 Å². The summed E-state index contributed by atoms with van der Waals surface area (Å²) in [5.41, 5.74) is 4.79. The molecule has 1 aromatic carbocycles. The van der Waals surface area contributed by atoms with Crippen molar-refractivity contribution in [3.63, 3.8) is 0 Å². The molecule has 0 radical (unpaired) electrons. The highest BCUT2D eigenvalue weighted by atomic mass is 19.2. The van der Waals surface area contributed by atoms with Gasteiger partial charge in [0.2, 0.25) is 5.95 Å². The standard InChI is InChI=1S/C19H24F3N7O2/c20-12-9-14(22)15(10-13(12)21)25-19(31)27-18-24-11-16(17(30)26-18)29-7-5-28(6-8-29)4-2-1-3-23/h9-11H,1-8,23H2,(H3,24,25,26,27,30,31). The van der Waals surface area contributed by atoms with E-state index < -0.39 is 34.7 Å². The van der Waals surface area contributed by atoms with Crippen molar-refractivity contribution in [2.45, 2.75) is 12.8 Å². The molecule has 168 valence electrons. The molecule has 0 atom stereocenters. The minimum Gasteiger partial charge on any atom is -0.363 e. The molecule has 9 nitrogen and oxygen atoms in total. The Balaban J connectivity index is 1.57. The van der Waals surface area contributed by atoms with E-state index in [4.69, 9.17) is 5.73 Å². The number of piperazine rings is 1. The van der Waals surface area contributed by atoms with E-state index in [1.165, 1.54) is 6.20 Å². The van der Waals surface area contributed by atoms with Gasteiger partial charge in [-0.05, 0) is 25.9 Å². The summed E-state index contributed by atoms with van der Waals surface area (Å²) < 4.78 is 39.8. The number of halogens is 3. The summed E-state index contributed by atoms with van der Waals surface area (Å²) in [7, 11) is 0. The van der Waals surface area contributed by atoms with Crippen LogP contribution in [0, 0.1) is 17.5 Å². The van der Waals surface area contributed by atoms with Crippen LogP contribution in [0.1, 0.15) is 12.8 Å². The number of nitrogens with zero attached hydrogens (tertiary/aromatic N) is 3. The molecule has 0 saturated carbocycles. The Labute approximate surface area is 176 Å². The van der Waals surface area contributed by atoms with Crippen LogP contribution in [0.5, 0.6) is 0 Å². The predicted molar refractivity (Wildman–Crippen MR) is 111 cm³/mol. The van der Waals surface area contributed by atoms with Gasteiger partial charge in [-0.25, -0.2) is 18.0 Å². The van der Waals surface area contributed by atoms with Crippen LogP contribution < -0.4 is 26.8 Å². The zero-order valence-corrected chi connectivity index (χ0v) is 16.8. The van der Waals surface area contributed by atoms with Gasteiger partial charge >= 0.3 is 6.03 Å². The predicted octanol–water partition coefficient (Wildman–Crippen LogP) is 1.69. The van der Waals surface area contributed by atoms with Crippen LogP contribution in [-0.2, 0) is 0 Å². The number of rotatable bonds is 7. The fourth-order valence-corrected chi connectivity index (χ4v) is 3.25. The van der Waals surface area contributed by atoms with Gasteiger partial charge in [-0.3, -0.25) is 15.0 Å². The summed E-state index contributed by atoms with van der Waals surface area (Å²) in [6.45, 7) is 4.59. The molecule has 5 N–H and O–H groups in total. The number of aromatic amines is 1. The van der Waals surface area contributed by atoms with Crippen LogP contribution in [0.15, 0.2) is 23.1 Å². The summed E-state index contributed by atoms with van der Waals surface area (Å²) in [6.07, 6.45) is 3.46. The second-order valence-electron chi connectivity index (χ2n) is 7.09. The van der Waals surface area contributed by atoms with Gasteiger partial charge in [-0.1, -0.05) is 0 Å². The minimum absolute atomic E-state index is 0.172. The SMILES string of the molecule is NCCCCN1CCN(c2c[nH]c(NC(=O)Nc3cc(F)c(F)cc3F)nc2=O)CC1. The smallest absolute Gasteiger partial charge is 0.326 e. The van der Waals surface area contributed by atoms with Gasteiger partial charge in [0.05, 0.1) is 5.69 Å². The average Bonchev–Trinajstić information content (AvgIpc) is 2.73. The number of hydrogen-bond acceptors (Lipinski definition) is 6. The Morgan fingerprint density at radius 3 is 2.45 bits per heavy atom. The summed E-state index contributed by atoms with van der Waals surface area (Å²) in [6, 6.07) is -0.149. The molecular formula is C19H24F3N7O2. The Hall–Kier alpha value is -3.12. The molecule has 0 unspecified atom stereocenters. The number of amides is 2. The van der Waals surface area contributed by atoms with Crippen molar-refractivity contribution < 1.29 is 18.0 Å². The fraction of sp³-hybridized carbons (Fsp3) is 0.421. The van der Waals surface area contributed by atoms with Crippen LogP contribution in [0.4, 0.5) is 35.3 Å². The van der Waals surface area contributed by atoms with E-state index >= 15 is 0 Å². The molecule has 31 heavy (non-hydrogen) atoms. The molecule has 1 aromatic heterocycles. The van der Waals surface area contributed by atoms with Gasteiger partial charge < -0.3 is 20.9 Å². The number of aromatic nitrogens is 2. The van der Waals surface area contributed by atoms with Gasteiger partial charge in [0.25, 0.3) is 5.56 Å². The summed E-state index contributed by atoms with van der Waals surface area (Å²) in [5, 5.41) is 4.25. The molecule has 1 aliphatic heterocycles. The first kappa shape index (κ1) is 22.6. The van der Waals surface area contributed by atoms with Gasteiger partial charge in [0, 0.05) is 44.5 Å². The van der Waals surface area contributed by atoms with Crippen molar-refractivity contribution in [3.8, 4) is 0 Å². The Kier molecular flexibility index (Phi) is 7.47. The maximum absolute atomic E-state index is 13.6. The second-order valence-corrected chi connectivity index (χ2v) is 7.09. The first-order chi connectivity index (χ1) is 14.9. The highest BCUT2D eigenvalue weighted by molar-refractivity contribution is 5.98. The first-order valence-corrected chi connectivity index (χ1v) is 9.87. The summed E-state index contributed by atoms with van der Waals surface area (Å²) in [5.74, 6) is -4.00. The Bertz CT molecular complexity index is 977. The zero-order valence-electron chi connectivity index (χ0n) is 16.8. The zero-order chi connectivity index (χ0) is 22.4. The lowest BCUT2D eigenvalue weighted by atomic mass is 10.2. The van der Waals surface area contributed by atoms with Gasteiger partial charge in [0.1, 0.15) is 11.5 Å². The molecule has 2 aromatic rings. The maximum atomic E-state index is 13.6. The number of anilines is 3. The quantitative estimate of drug-likeness (QED) is 0.385. The Morgan fingerprint density at radius 2 is 1.77 bits per heavy atom. The van der Waals surface area contributed by atoms with Crippen molar-refractivity contribution >= 4 is 23.4 Å². The van der Waals surface area contributed by atoms with E-state index in [0.29, 0.717) is 37.5 Å². The number of H-pyrrole nitrogens is 1. The lowest BCUT2D eigenvalue weighted by Crippen LogP contribution is -2.48. The van der Waals surface area contributed by atoms with Crippen LogP contribution in [0.2, 0.25) is 0 Å². The molecule has 2 amide bonds. The maximum Gasteiger partial charge on any atom is 0.326 e. The van der Waals surface area contributed by atoms with Crippen molar-refractivity contribution in [2.75, 3.05) is 54.8 Å². The molecule has 0 spiro atoms. The minimum atomic E-state index is -1.37. The summed E-state index contributed by atoms with van der Waals surface area (Å²) >= 11 is 0.